The SMILES string of the molecule is C[C@@H](NC(=O)CSc1nnc(-c2ccco2)n1N)c1cccs1. The van der Waals surface area contributed by atoms with Crippen molar-refractivity contribution in [2.45, 2.75) is 18.1 Å². The van der Waals surface area contributed by atoms with Gasteiger partial charge in [-0.05, 0) is 30.5 Å². The van der Waals surface area contributed by atoms with Crippen molar-refractivity contribution in [1.29, 1.82) is 0 Å². The van der Waals surface area contributed by atoms with Crippen molar-refractivity contribution in [3.63, 3.8) is 0 Å². The Morgan fingerprint density at radius 3 is 3.04 bits per heavy atom. The van der Waals surface area contributed by atoms with Crippen molar-refractivity contribution in [2.75, 3.05) is 11.6 Å². The van der Waals surface area contributed by atoms with Crippen LogP contribution in [0.2, 0.25) is 0 Å². The molecule has 0 aliphatic carbocycles. The molecule has 0 unspecified atom stereocenters. The Labute approximate surface area is 140 Å². The van der Waals surface area contributed by atoms with Crippen molar-refractivity contribution in [1.82, 2.24) is 20.2 Å². The van der Waals surface area contributed by atoms with Gasteiger partial charge in [0.05, 0.1) is 18.1 Å². The van der Waals surface area contributed by atoms with Crippen molar-refractivity contribution >= 4 is 29.0 Å². The van der Waals surface area contributed by atoms with Crippen LogP contribution in [-0.4, -0.2) is 26.5 Å². The predicted molar refractivity (Wildman–Crippen MR) is 89.5 cm³/mol. The molecule has 0 fully saturated rings. The summed E-state index contributed by atoms with van der Waals surface area (Å²) >= 11 is 2.84. The van der Waals surface area contributed by atoms with Gasteiger partial charge in [0.15, 0.2) is 5.76 Å². The standard InChI is InChI=1S/C14H15N5O2S2/c1-9(11-5-3-7-22-11)16-12(20)8-23-14-18-17-13(19(14)15)10-4-2-6-21-10/h2-7,9H,8,15H2,1H3,(H,16,20)/t9-/m1/s1. The molecule has 0 spiro atoms. The molecule has 0 radical (unpaired) electrons. The molecule has 3 rings (SSSR count). The molecule has 3 N–H and O–H groups in total. The third-order valence-corrected chi connectivity index (χ3v) is 5.08. The maximum Gasteiger partial charge on any atom is 0.230 e. The van der Waals surface area contributed by atoms with Gasteiger partial charge < -0.3 is 15.6 Å². The van der Waals surface area contributed by atoms with Gasteiger partial charge in [-0.15, -0.1) is 21.5 Å². The lowest BCUT2D eigenvalue weighted by atomic mass is 10.3. The zero-order chi connectivity index (χ0) is 16.2. The van der Waals surface area contributed by atoms with Crippen LogP contribution in [0.1, 0.15) is 17.8 Å². The minimum Gasteiger partial charge on any atom is -0.461 e. The fraction of sp³-hybridized carbons (Fsp3) is 0.214. The molecule has 7 nitrogen and oxygen atoms in total. The van der Waals surface area contributed by atoms with E-state index < -0.39 is 0 Å². The molecule has 0 saturated heterocycles. The quantitative estimate of drug-likeness (QED) is 0.523. The zero-order valence-electron chi connectivity index (χ0n) is 12.3. The molecular weight excluding hydrogens is 334 g/mol. The maximum absolute atomic E-state index is 12.0. The summed E-state index contributed by atoms with van der Waals surface area (Å²) < 4.78 is 6.56. The number of thioether (sulfide) groups is 1. The summed E-state index contributed by atoms with van der Waals surface area (Å²) in [5.74, 6) is 7.02. The number of rotatable bonds is 6. The lowest BCUT2D eigenvalue weighted by molar-refractivity contribution is -0.119. The number of nitrogen functional groups attached to an aromatic ring is 1. The number of thiophene rings is 1. The highest BCUT2D eigenvalue weighted by Gasteiger charge is 2.16. The molecule has 0 aliphatic heterocycles. The van der Waals surface area contributed by atoms with Gasteiger partial charge in [-0.2, -0.15) is 0 Å². The van der Waals surface area contributed by atoms with E-state index in [1.165, 1.54) is 22.7 Å². The van der Waals surface area contributed by atoms with Gasteiger partial charge in [0, 0.05) is 4.88 Å². The van der Waals surface area contributed by atoms with Gasteiger partial charge in [-0.1, -0.05) is 17.8 Å². The van der Waals surface area contributed by atoms with Crippen LogP contribution in [0.3, 0.4) is 0 Å². The number of furan rings is 1. The summed E-state index contributed by atoms with van der Waals surface area (Å²) in [6.45, 7) is 1.95. The highest BCUT2D eigenvalue weighted by molar-refractivity contribution is 7.99. The van der Waals surface area contributed by atoms with Crippen LogP contribution in [0.25, 0.3) is 11.6 Å². The lowest BCUT2D eigenvalue weighted by Crippen LogP contribution is -2.28. The van der Waals surface area contributed by atoms with E-state index in [4.69, 9.17) is 10.3 Å². The van der Waals surface area contributed by atoms with Crippen molar-refractivity contribution < 1.29 is 9.21 Å². The Kier molecular flexibility index (Phi) is 4.68. The summed E-state index contributed by atoms with van der Waals surface area (Å²) in [5.41, 5.74) is 0. The normalized spacial score (nSPS) is 12.2. The van der Waals surface area contributed by atoms with E-state index in [1.54, 1.807) is 23.5 Å². The molecule has 120 valence electrons. The highest BCUT2D eigenvalue weighted by atomic mass is 32.2. The van der Waals surface area contributed by atoms with Gasteiger partial charge in [0.2, 0.25) is 16.9 Å². The van der Waals surface area contributed by atoms with E-state index in [2.05, 4.69) is 15.5 Å². The summed E-state index contributed by atoms with van der Waals surface area (Å²) in [7, 11) is 0. The van der Waals surface area contributed by atoms with Crippen LogP contribution >= 0.6 is 23.1 Å². The van der Waals surface area contributed by atoms with E-state index >= 15 is 0 Å². The molecule has 3 aromatic heterocycles. The van der Waals surface area contributed by atoms with Crippen molar-refractivity contribution in [2.24, 2.45) is 0 Å². The number of carbonyl (C=O) groups is 1. The average Bonchev–Trinajstić information content (AvgIpc) is 3.27. The monoisotopic (exact) mass is 349 g/mol. The largest absolute Gasteiger partial charge is 0.461 e. The first-order valence-corrected chi connectivity index (χ1v) is 8.71. The highest BCUT2D eigenvalue weighted by Crippen LogP contribution is 2.22. The molecule has 1 amide bonds. The summed E-state index contributed by atoms with van der Waals surface area (Å²) in [6.07, 6.45) is 1.54. The average molecular weight is 349 g/mol. The summed E-state index contributed by atoms with van der Waals surface area (Å²) in [5, 5.41) is 13.3. The van der Waals surface area contributed by atoms with Crippen LogP contribution in [-0.2, 0) is 4.79 Å². The summed E-state index contributed by atoms with van der Waals surface area (Å²) in [4.78, 5) is 13.1. The third kappa shape index (κ3) is 3.57. The first-order chi connectivity index (χ1) is 11.1. The first kappa shape index (κ1) is 15.6. The van der Waals surface area contributed by atoms with Crippen LogP contribution in [0.5, 0.6) is 0 Å². The topological polar surface area (TPSA) is 99.0 Å². The first-order valence-electron chi connectivity index (χ1n) is 6.85. The lowest BCUT2D eigenvalue weighted by Gasteiger charge is -2.11. The van der Waals surface area contributed by atoms with E-state index in [1.807, 2.05) is 24.4 Å². The van der Waals surface area contributed by atoms with Crippen LogP contribution in [0, 0.1) is 0 Å². The Morgan fingerprint density at radius 2 is 2.35 bits per heavy atom. The molecule has 0 aromatic carbocycles. The molecular formula is C14H15N5O2S2. The van der Waals surface area contributed by atoms with E-state index in [-0.39, 0.29) is 17.7 Å². The number of amides is 1. The Balaban J connectivity index is 1.57. The van der Waals surface area contributed by atoms with Crippen LogP contribution < -0.4 is 11.2 Å². The Hall–Kier alpha value is -2.26. The molecule has 0 saturated carbocycles. The fourth-order valence-electron chi connectivity index (χ4n) is 1.97. The molecule has 23 heavy (non-hydrogen) atoms. The number of hydrogen-bond donors (Lipinski definition) is 2. The molecule has 0 bridgehead atoms. The third-order valence-electron chi connectivity index (χ3n) is 3.09. The maximum atomic E-state index is 12.0. The second-order valence-electron chi connectivity index (χ2n) is 4.75. The zero-order valence-corrected chi connectivity index (χ0v) is 13.9. The Morgan fingerprint density at radius 1 is 1.48 bits per heavy atom. The number of nitrogens with one attached hydrogen (secondary N) is 1. The fourth-order valence-corrected chi connectivity index (χ4v) is 3.37. The van der Waals surface area contributed by atoms with Gasteiger partial charge in [-0.3, -0.25) is 4.79 Å². The minimum absolute atomic E-state index is 0.0162. The molecule has 3 heterocycles. The van der Waals surface area contributed by atoms with Gasteiger partial charge in [-0.25, -0.2) is 4.68 Å². The predicted octanol–water partition coefficient (Wildman–Crippen LogP) is 2.28. The van der Waals surface area contributed by atoms with Crippen LogP contribution in [0.4, 0.5) is 0 Å². The van der Waals surface area contributed by atoms with Crippen molar-refractivity contribution in [3.05, 3.63) is 40.8 Å². The second-order valence-corrected chi connectivity index (χ2v) is 6.67. The van der Waals surface area contributed by atoms with E-state index in [0.717, 1.165) is 4.88 Å². The Bertz CT molecular complexity index is 767. The smallest absolute Gasteiger partial charge is 0.230 e. The van der Waals surface area contributed by atoms with Gasteiger partial charge in [0.25, 0.3) is 0 Å². The van der Waals surface area contributed by atoms with E-state index in [9.17, 15) is 4.79 Å². The number of aromatic nitrogens is 3. The number of hydrogen-bond acceptors (Lipinski definition) is 7. The summed E-state index contributed by atoms with van der Waals surface area (Å²) in [6, 6.07) is 7.44. The number of nitrogens with two attached hydrogens (primary N) is 1. The van der Waals surface area contributed by atoms with E-state index in [0.29, 0.717) is 16.7 Å². The van der Waals surface area contributed by atoms with Crippen LogP contribution in [0.15, 0.2) is 45.5 Å². The second kappa shape index (κ2) is 6.88. The molecule has 3 aromatic rings. The molecule has 9 heteroatoms. The van der Waals surface area contributed by atoms with Crippen molar-refractivity contribution in [3.8, 4) is 11.6 Å². The molecule has 1 atom stereocenters. The number of carbonyl (C=O) groups excluding carboxylic acids is 1. The van der Waals surface area contributed by atoms with Gasteiger partial charge >= 0.3 is 0 Å². The minimum atomic E-state index is -0.0848. The van der Waals surface area contributed by atoms with Gasteiger partial charge in [0.1, 0.15) is 0 Å². The number of nitrogens with zero attached hydrogens (tertiary/aromatic N) is 3. The molecule has 0 aliphatic rings.